The quantitative estimate of drug-likeness (QED) is 0.837. The Bertz CT molecular complexity index is 626. The second-order valence-electron chi connectivity index (χ2n) is 3.93. The summed E-state index contributed by atoms with van der Waals surface area (Å²) in [7, 11) is 3.44. The number of hydrogen-bond acceptors (Lipinski definition) is 4. The third kappa shape index (κ3) is 2.08. The van der Waals surface area contributed by atoms with Crippen LogP contribution in [0.25, 0.3) is 0 Å². The topological polar surface area (TPSA) is 88.5 Å². The SMILES string of the molecule is Cc1cc(C(=O)Nc2nn(C)cc2C#N)nn1C. The van der Waals surface area contributed by atoms with E-state index in [2.05, 4.69) is 15.5 Å². The number of nitriles is 1. The molecule has 0 radical (unpaired) electrons. The van der Waals surface area contributed by atoms with E-state index < -0.39 is 0 Å². The van der Waals surface area contributed by atoms with Gasteiger partial charge in [-0.2, -0.15) is 15.5 Å². The fourth-order valence-corrected chi connectivity index (χ4v) is 1.51. The van der Waals surface area contributed by atoms with Crippen molar-refractivity contribution in [1.82, 2.24) is 19.6 Å². The molecule has 2 aromatic rings. The van der Waals surface area contributed by atoms with Gasteiger partial charge in [-0.15, -0.1) is 0 Å². The predicted octanol–water partition coefficient (Wildman–Crippen LogP) is 0.586. The zero-order valence-electron chi connectivity index (χ0n) is 10.3. The van der Waals surface area contributed by atoms with Crippen LogP contribution in [0.15, 0.2) is 12.3 Å². The Morgan fingerprint density at radius 1 is 1.44 bits per heavy atom. The Hall–Kier alpha value is -2.62. The number of anilines is 1. The molecule has 92 valence electrons. The molecule has 0 unspecified atom stereocenters. The average Bonchev–Trinajstić information content (AvgIpc) is 2.83. The second kappa shape index (κ2) is 4.33. The lowest BCUT2D eigenvalue weighted by Gasteiger charge is -1.98. The number of aryl methyl sites for hydroxylation is 3. The Labute approximate surface area is 104 Å². The van der Waals surface area contributed by atoms with Crippen molar-refractivity contribution in [2.45, 2.75) is 6.92 Å². The summed E-state index contributed by atoms with van der Waals surface area (Å²) in [5.74, 6) is -0.137. The van der Waals surface area contributed by atoms with E-state index in [1.807, 2.05) is 13.0 Å². The molecule has 7 heteroatoms. The molecule has 0 aliphatic heterocycles. The van der Waals surface area contributed by atoms with Gasteiger partial charge in [0.15, 0.2) is 11.5 Å². The maximum absolute atomic E-state index is 11.9. The molecule has 18 heavy (non-hydrogen) atoms. The Morgan fingerprint density at radius 2 is 2.17 bits per heavy atom. The Morgan fingerprint density at radius 3 is 2.72 bits per heavy atom. The van der Waals surface area contributed by atoms with Gasteiger partial charge in [-0.05, 0) is 13.0 Å². The Kier molecular flexibility index (Phi) is 2.85. The summed E-state index contributed by atoms with van der Waals surface area (Å²) in [6.07, 6.45) is 1.54. The molecule has 1 amide bonds. The van der Waals surface area contributed by atoms with Crippen molar-refractivity contribution in [1.29, 1.82) is 5.26 Å². The maximum Gasteiger partial charge on any atom is 0.277 e. The van der Waals surface area contributed by atoms with E-state index >= 15 is 0 Å². The van der Waals surface area contributed by atoms with Gasteiger partial charge in [0.1, 0.15) is 11.6 Å². The molecular weight excluding hydrogens is 232 g/mol. The van der Waals surface area contributed by atoms with Crippen LogP contribution in [0.4, 0.5) is 5.82 Å². The van der Waals surface area contributed by atoms with Crippen LogP contribution in [0.1, 0.15) is 21.7 Å². The van der Waals surface area contributed by atoms with Crippen molar-refractivity contribution >= 4 is 11.7 Å². The molecule has 2 aromatic heterocycles. The Balaban J connectivity index is 2.24. The molecule has 2 heterocycles. The van der Waals surface area contributed by atoms with Crippen molar-refractivity contribution in [3.05, 3.63) is 29.2 Å². The van der Waals surface area contributed by atoms with Gasteiger partial charge in [0.2, 0.25) is 0 Å². The lowest BCUT2D eigenvalue weighted by Crippen LogP contribution is -2.14. The minimum absolute atomic E-state index is 0.244. The van der Waals surface area contributed by atoms with Gasteiger partial charge in [0.25, 0.3) is 5.91 Å². The first-order chi connectivity index (χ1) is 8.51. The van der Waals surface area contributed by atoms with Gasteiger partial charge in [-0.1, -0.05) is 0 Å². The zero-order chi connectivity index (χ0) is 13.3. The van der Waals surface area contributed by atoms with Crippen LogP contribution in [0.3, 0.4) is 0 Å². The average molecular weight is 244 g/mol. The van der Waals surface area contributed by atoms with Gasteiger partial charge in [-0.25, -0.2) is 0 Å². The van der Waals surface area contributed by atoms with Crippen LogP contribution in [0, 0.1) is 18.3 Å². The molecule has 0 aliphatic rings. The van der Waals surface area contributed by atoms with Crippen molar-refractivity contribution in [3.8, 4) is 6.07 Å². The fraction of sp³-hybridized carbons (Fsp3) is 0.273. The van der Waals surface area contributed by atoms with E-state index in [1.54, 1.807) is 31.0 Å². The van der Waals surface area contributed by atoms with E-state index in [9.17, 15) is 4.79 Å². The smallest absolute Gasteiger partial charge is 0.277 e. The molecule has 7 nitrogen and oxygen atoms in total. The van der Waals surface area contributed by atoms with Gasteiger partial charge >= 0.3 is 0 Å². The normalized spacial score (nSPS) is 10.1. The van der Waals surface area contributed by atoms with Crippen molar-refractivity contribution in [3.63, 3.8) is 0 Å². The summed E-state index contributed by atoms with van der Waals surface area (Å²) in [4.78, 5) is 11.9. The standard InChI is InChI=1S/C11H12N6O/c1-7-4-9(14-17(7)3)11(18)13-10-8(5-12)6-16(2)15-10/h4,6H,1-3H3,(H,13,15,18). The first-order valence-corrected chi connectivity index (χ1v) is 5.27. The molecular formula is C11H12N6O. The number of amides is 1. The number of rotatable bonds is 2. The zero-order valence-corrected chi connectivity index (χ0v) is 10.3. The number of nitrogens with zero attached hydrogens (tertiary/aromatic N) is 5. The number of carbonyl (C=O) groups is 1. The molecule has 1 N–H and O–H groups in total. The van der Waals surface area contributed by atoms with E-state index in [1.165, 1.54) is 4.68 Å². The largest absolute Gasteiger partial charge is 0.303 e. The van der Waals surface area contributed by atoms with Crippen LogP contribution in [0.2, 0.25) is 0 Å². The summed E-state index contributed by atoms with van der Waals surface area (Å²) in [6.45, 7) is 1.85. The van der Waals surface area contributed by atoms with Crippen LogP contribution < -0.4 is 5.32 Å². The first kappa shape index (κ1) is 11.9. The van der Waals surface area contributed by atoms with Crippen molar-refractivity contribution in [2.75, 3.05) is 5.32 Å². The van der Waals surface area contributed by atoms with E-state index in [-0.39, 0.29) is 11.7 Å². The predicted molar refractivity (Wildman–Crippen MR) is 63.8 cm³/mol. The lowest BCUT2D eigenvalue weighted by molar-refractivity contribution is 0.102. The van der Waals surface area contributed by atoms with Crippen molar-refractivity contribution < 1.29 is 4.79 Å². The van der Waals surface area contributed by atoms with Crippen LogP contribution in [0.5, 0.6) is 0 Å². The molecule has 0 saturated heterocycles. The molecule has 0 saturated carbocycles. The van der Waals surface area contributed by atoms with E-state index in [0.29, 0.717) is 11.3 Å². The lowest BCUT2D eigenvalue weighted by atomic mass is 10.3. The van der Waals surface area contributed by atoms with E-state index in [0.717, 1.165) is 5.69 Å². The van der Waals surface area contributed by atoms with Gasteiger partial charge in [0, 0.05) is 26.0 Å². The third-order valence-corrected chi connectivity index (χ3v) is 2.53. The maximum atomic E-state index is 11.9. The number of nitrogens with one attached hydrogen (secondary N) is 1. The number of carbonyl (C=O) groups excluding carboxylic acids is 1. The minimum atomic E-state index is -0.381. The van der Waals surface area contributed by atoms with E-state index in [4.69, 9.17) is 5.26 Å². The van der Waals surface area contributed by atoms with Crippen LogP contribution in [-0.4, -0.2) is 25.5 Å². The van der Waals surface area contributed by atoms with Crippen molar-refractivity contribution in [2.24, 2.45) is 14.1 Å². The molecule has 2 rings (SSSR count). The molecule has 0 fully saturated rings. The number of aromatic nitrogens is 4. The molecule has 0 atom stereocenters. The number of hydrogen-bond donors (Lipinski definition) is 1. The summed E-state index contributed by atoms with van der Waals surface area (Å²) < 4.78 is 3.08. The van der Waals surface area contributed by atoms with Gasteiger partial charge in [-0.3, -0.25) is 14.2 Å². The highest BCUT2D eigenvalue weighted by molar-refractivity contribution is 6.02. The summed E-state index contributed by atoms with van der Waals surface area (Å²) in [5, 5.41) is 19.5. The highest BCUT2D eigenvalue weighted by atomic mass is 16.2. The van der Waals surface area contributed by atoms with Gasteiger partial charge in [0.05, 0.1) is 0 Å². The molecule has 0 aliphatic carbocycles. The highest BCUT2D eigenvalue weighted by Crippen LogP contribution is 2.12. The summed E-state index contributed by atoms with van der Waals surface area (Å²) in [5.41, 5.74) is 1.49. The summed E-state index contributed by atoms with van der Waals surface area (Å²) >= 11 is 0. The highest BCUT2D eigenvalue weighted by Gasteiger charge is 2.15. The fourth-order valence-electron chi connectivity index (χ4n) is 1.51. The minimum Gasteiger partial charge on any atom is -0.303 e. The monoisotopic (exact) mass is 244 g/mol. The molecule has 0 bridgehead atoms. The van der Waals surface area contributed by atoms with Crippen LogP contribution in [-0.2, 0) is 14.1 Å². The third-order valence-electron chi connectivity index (χ3n) is 2.53. The first-order valence-electron chi connectivity index (χ1n) is 5.27. The summed E-state index contributed by atoms with van der Waals surface area (Å²) in [6, 6.07) is 3.64. The molecule has 0 aromatic carbocycles. The second-order valence-corrected chi connectivity index (χ2v) is 3.93. The van der Waals surface area contributed by atoms with Gasteiger partial charge < -0.3 is 5.32 Å². The molecule has 0 spiro atoms. The van der Waals surface area contributed by atoms with Crippen LogP contribution >= 0.6 is 0 Å².